The van der Waals surface area contributed by atoms with Crippen molar-refractivity contribution in [2.45, 2.75) is 39.7 Å². The summed E-state index contributed by atoms with van der Waals surface area (Å²) in [6, 6.07) is 2.91. The van der Waals surface area contributed by atoms with Crippen LogP contribution < -0.4 is 5.32 Å². The fourth-order valence-electron chi connectivity index (χ4n) is 2.23. The Labute approximate surface area is 129 Å². The molecule has 0 radical (unpaired) electrons. The molecule has 0 saturated carbocycles. The van der Waals surface area contributed by atoms with Gasteiger partial charge in [0.2, 0.25) is 0 Å². The second kappa shape index (κ2) is 7.35. The Bertz CT molecular complexity index is 652. The molecule has 120 valence electrons. The molecule has 0 fully saturated rings. The molecular weight excluding hydrogens is 285 g/mol. The highest BCUT2D eigenvalue weighted by Gasteiger charge is 2.18. The third kappa shape index (κ3) is 3.82. The van der Waals surface area contributed by atoms with Crippen LogP contribution in [0.5, 0.6) is 0 Å². The van der Waals surface area contributed by atoms with Gasteiger partial charge in [-0.15, -0.1) is 0 Å². The van der Waals surface area contributed by atoms with E-state index in [-0.39, 0.29) is 12.0 Å². The quantitative estimate of drug-likeness (QED) is 0.800. The van der Waals surface area contributed by atoms with Gasteiger partial charge in [-0.1, -0.05) is 6.92 Å². The van der Waals surface area contributed by atoms with Gasteiger partial charge in [0.1, 0.15) is 17.2 Å². The Morgan fingerprint density at radius 1 is 1.45 bits per heavy atom. The largest absolute Gasteiger partial charge is 0.379 e. The van der Waals surface area contributed by atoms with E-state index in [0.717, 1.165) is 6.42 Å². The predicted octanol–water partition coefficient (Wildman–Crippen LogP) is 2.58. The highest BCUT2D eigenvalue weighted by atomic mass is 19.1. The molecule has 0 spiro atoms. The zero-order valence-electron chi connectivity index (χ0n) is 13.2. The van der Waals surface area contributed by atoms with Gasteiger partial charge in [-0.3, -0.25) is 9.20 Å². The molecule has 2 aromatic heterocycles. The molecule has 2 rings (SSSR count). The SMILES string of the molecule is CCc1nc2ccc(F)cn2c1C(=O)NCCCOC(C)C. The molecule has 2 heterocycles. The standard InChI is InChI=1S/C16H22FN3O2/c1-4-13-15(16(21)18-8-5-9-22-11(2)3)20-10-12(17)6-7-14(20)19-13/h6-7,10-11H,4-5,8-9H2,1-3H3,(H,18,21). The first-order valence-corrected chi connectivity index (χ1v) is 7.59. The molecule has 0 atom stereocenters. The van der Waals surface area contributed by atoms with E-state index in [1.54, 1.807) is 6.07 Å². The van der Waals surface area contributed by atoms with Crippen LogP contribution in [0.15, 0.2) is 18.3 Å². The Morgan fingerprint density at radius 2 is 2.23 bits per heavy atom. The second-order valence-corrected chi connectivity index (χ2v) is 5.37. The van der Waals surface area contributed by atoms with E-state index in [0.29, 0.717) is 36.6 Å². The van der Waals surface area contributed by atoms with Crippen molar-refractivity contribution in [3.05, 3.63) is 35.5 Å². The zero-order valence-corrected chi connectivity index (χ0v) is 13.2. The third-order valence-electron chi connectivity index (χ3n) is 3.26. The van der Waals surface area contributed by atoms with Crippen molar-refractivity contribution < 1.29 is 13.9 Å². The Hall–Kier alpha value is -1.95. The molecule has 6 heteroatoms. The van der Waals surface area contributed by atoms with E-state index in [2.05, 4.69) is 10.3 Å². The zero-order chi connectivity index (χ0) is 16.1. The number of fused-ring (bicyclic) bond motifs is 1. The molecule has 0 unspecified atom stereocenters. The van der Waals surface area contributed by atoms with Gasteiger partial charge in [-0.25, -0.2) is 9.37 Å². The summed E-state index contributed by atoms with van der Waals surface area (Å²) in [4.78, 5) is 16.7. The Kier molecular flexibility index (Phi) is 5.49. The summed E-state index contributed by atoms with van der Waals surface area (Å²) in [5.41, 5.74) is 1.65. The summed E-state index contributed by atoms with van der Waals surface area (Å²) in [7, 11) is 0. The number of aryl methyl sites for hydroxylation is 1. The van der Waals surface area contributed by atoms with Crippen LogP contribution in [0.4, 0.5) is 4.39 Å². The minimum Gasteiger partial charge on any atom is -0.379 e. The number of carbonyl (C=O) groups excluding carboxylic acids is 1. The van der Waals surface area contributed by atoms with Crippen LogP contribution in [-0.4, -0.2) is 34.5 Å². The topological polar surface area (TPSA) is 55.6 Å². The molecule has 0 bridgehead atoms. The maximum Gasteiger partial charge on any atom is 0.270 e. The molecule has 0 aromatic carbocycles. The van der Waals surface area contributed by atoms with Gasteiger partial charge in [0.25, 0.3) is 5.91 Å². The lowest BCUT2D eigenvalue weighted by molar-refractivity contribution is 0.0756. The highest BCUT2D eigenvalue weighted by molar-refractivity contribution is 5.94. The molecule has 1 N–H and O–H groups in total. The van der Waals surface area contributed by atoms with Crippen molar-refractivity contribution >= 4 is 11.6 Å². The number of aromatic nitrogens is 2. The smallest absolute Gasteiger partial charge is 0.270 e. The number of nitrogens with zero attached hydrogens (tertiary/aromatic N) is 2. The Morgan fingerprint density at radius 3 is 2.91 bits per heavy atom. The van der Waals surface area contributed by atoms with Crippen LogP contribution >= 0.6 is 0 Å². The van der Waals surface area contributed by atoms with Crippen molar-refractivity contribution in [2.24, 2.45) is 0 Å². The van der Waals surface area contributed by atoms with Gasteiger partial charge >= 0.3 is 0 Å². The van der Waals surface area contributed by atoms with Crippen molar-refractivity contribution in [1.29, 1.82) is 0 Å². The third-order valence-corrected chi connectivity index (χ3v) is 3.26. The lowest BCUT2D eigenvalue weighted by Gasteiger charge is -2.09. The van der Waals surface area contributed by atoms with Gasteiger partial charge in [0.15, 0.2) is 0 Å². The van der Waals surface area contributed by atoms with Gasteiger partial charge < -0.3 is 10.1 Å². The molecular formula is C16H22FN3O2. The van der Waals surface area contributed by atoms with Crippen molar-refractivity contribution in [3.8, 4) is 0 Å². The lowest BCUT2D eigenvalue weighted by Crippen LogP contribution is -2.27. The maximum atomic E-state index is 13.4. The first kappa shape index (κ1) is 16.4. The van der Waals surface area contributed by atoms with Crippen LogP contribution in [0.2, 0.25) is 0 Å². The average molecular weight is 307 g/mol. The van der Waals surface area contributed by atoms with Crippen LogP contribution in [0, 0.1) is 5.82 Å². The van der Waals surface area contributed by atoms with E-state index >= 15 is 0 Å². The molecule has 5 nitrogen and oxygen atoms in total. The second-order valence-electron chi connectivity index (χ2n) is 5.37. The molecule has 0 aliphatic carbocycles. The fourth-order valence-corrected chi connectivity index (χ4v) is 2.23. The molecule has 22 heavy (non-hydrogen) atoms. The van der Waals surface area contributed by atoms with Crippen molar-refractivity contribution in [3.63, 3.8) is 0 Å². The van der Waals surface area contributed by atoms with E-state index in [9.17, 15) is 9.18 Å². The minimum atomic E-state index is -0.396. The van der Waals surface area contributed by atoms with Crippen LogP contribution in [0.1, 0.15) is 43.4 Å². The van der Waals surface area contributed by atoms with E-state index in [1.807, 2.05) is 20.8 Å². The summed E-state index contributed by atoms with van der Waals surface area (Å²) in [5, 5.41) is 2.84. The summed E-state index contributed by atoms with van der Waals surface area (Å²) in [5.74, 6) is -0.633. The molecule has 0 aliphatic heterocycles. The van der Waals surface area contributed by atoms with Crippen molar-refractivity contribution in [1.82, 2.24) is 14.7 Å². The molecule has 0 aliphatic rings. The van der Waals surface area contributed by atoms with Gasteiger partial charge in [0, 0.05) is 19.3 Å². The van der Waals surface area contributed by atoms with E-state index in [4.69, 9.17) is 4.74 Å². The number of rotatable bonds is 7. The maximum absolute atomic E-state index is 13.4. The average Bonchev–Trinajstić information content (AvgIpc) is 2.84. The van der Waals surface area contributed by atoms with Gasteiger partial charge in [0.05, 0.1) is 11.8 Å². The number of ether oxygens (including phenoxy) is 1. The number of amides is 1. The number of imidazole rings is 1. The van der Waals surface area contributed by atoms with Crippen LogP contribution in [0.3, 0.4) is 0 Å². The molecule has 1 amide bonds. The summed E-state index contributed by atoms with van der Waals surface area (Å²) < 4.78 is 20.4. The molecule has 2 aromatic rings. The predicted molar refractivity (Wildman–Crippen MR) is 82.6 cm³/mol. The summed E-state index contributed by atoms with van der Waals surface area (Å²) in [6.07, 6.45) is 2.82. The molecule has 0 saturated heterocycles. The fraction of sp³-hybridized carbons (Fsp3) is 0.500. The lowest BCUT2D eigenvalue weighted by atomic mass is 10.2. The van der Waals surface area contributed by atoms with Gasteiger partial charge in [-0.2, -0.15) is 0 Å². The van der Waals surface area contributed by atoms with E-state index in [1.165, 1.54) is 16.7 Å². The number of carbonyl (C=O) groups is 1. The first-order chi connectivity index (χ1) is 10.5. The van der Waals surface area contributed by atoms with Crippen molar-refractivity contribution in [2.75, 3.05) is 13.2 Å². The monoisotopic (exact) mass is 307 g/mol. The highest BCUT2D eigenvalue weighted by Crippen LogP contribution is 2.14. The van der Waals surface area contributed by atoms with Crippen LogP contribution in [-0.2, 0) is 11.2 Å². The normalized spacial score (nSPS) is 11.3. The number of nitrogens with one attached hydrogen (secondary N) is 1. The van der Waals surface area contributed by atoms with Gasteiger partial charge in [-0.05, 0) is 38.8 Å². The number of halogens is 1. The Balaban J connectivity index is 2.08. The summed E-state index contributed by atoms with van der Waals surface area (Å²) >= 11 is 0. The number of hydrogen-bond donors (Lipinski definition) is 1. The number of hydrogen-bond acceptors (Lipinski definition) is 3. The minimum absolute atomic E-state index is 0.184. The number of pyridine rings is 1. The summed E-state index contributed by atoms with van der Waals surface area (Å²) in [6.45, 7) is 6.97. The van der Waals surface area contributed by atoms with Crippen LogP contribution in [0.25, 0.3) is 5.65 Å². The first-order valence-electron chi connectivity index (χ1n) is 7.59. The van der Waals surface area contributed by atoms with E-state index < -0.39 is 5.82 Å².